The van der Waals surface area contributed by atoms with Gasteiger partial charge in [-0.15, -0.1) is 0 Å². The number of hydrogen-bond donors (Lipinski definition) is 1. The van der Waals surface area contributed by atoms with Gasteiger partial charge in [-0.25, -0.2) is 8.42 Å². The van der Waals surface area contributed by atoms with Crippen molar-refractivity contribution in [3.8, 4) is 0 Å². The molecule has 0 unspecified atom stereocenters. The van der Waals surface area contributed by atoms with Crippen LogP contribution in [0.3, 0.4) is 0 Å². The van der Waals surface area contributed by atoms with Gasteiger partial charge in [0.15, 0.2) is 15.6 Å². The van der Waals surface area contributed by atoms with Crippen molar-refractivity contribution in [1.82, 2.24) is 0 Å². The summed E-state index contributed by atoms with van der Waals surface area (Å²) >= 11 is 0. The molecule has 0 saturated heterocycles. The third-order valence-electron chi connectivity index (χ3n) is 1.82. The summed E-state index contributed by atoms with van der Waals surface area (Å²) in [5, 5.41) is 0. The first kappa shape index (κ1) is 10.7. The lowest BCUT2D eigenvalue weighted by Gasteiger charge is -2.04. The first-order valence-electron chi connectivity index (χ1n) is 3.93. The standard InChI is InChI=1S/C9H11NO3S/c1-6(11)7-3-4-8(10)9(5-7)14(2,12)13/h3-5H,10H2,1-2H3. The van der Waals surface area contributed by atoms with Crippen LogP contribution in [-0.4, -0.2) is 20.5 Å². The van der Waals surface area contributed by atoms with Crippen LogP contribution < -0.4 is 5.73 Å². The fourth-order valence-corrected chi connectivity index (χ4v) is 1.91. The lowest BCUT2D eigenvalue weighted by molar-refractivity contribution is 0.101. The van der Waals surface area contributed by atoms with Gasteiger partial charge in [-0.2, -0.15) is 0 Å². The number of Topliss-reactive ketones (excluding diaryl/α,β-unsaturated/α-hetero) is 1. The molecule has 4 nitrogen and oxygen atoms in total. The number of nitrogens with two attached hydrogens (primary N) is 1. The molecule has 0 aliphatic rings. The minimum Gasteiger partial charge on any atom is -0.398 e. The Morgan fingerprint density at radius 2 is 1.93 bits per heavy atom. The van der Waals surface area contributed by atoms with E-state index in [0.29, 0.717) is 5.56 Å². The molecule has 0 aromatic heterocycles. The molecule has 0 fully saturated rings. The fourth-order valence-electron chi connectivity index (χ4n) is 1.07. The predicted molar refractivity (Wildman–Crippen MR) is 54.0 cm³/mol. The zero-order chi connectivity index (χ0) is 10.9. The van der Waals surface area contributed by atoms with Gasteiger partial charge in [-0.05, 0) is 25.1 Å². The summed E-state index contributed by atoms with van der Waals surface area (Å²) in [5.74, 6) is -0.185. The van der Waals surface area contributed by atoms with E-state index in [4.69, 9.17) is 5.73 Å². The Bertz CT molecular complexity index is 477. The predicted octanol–water partition coefficient (Wildman–Crippen LogP) is 0.875. The van der Waals surface area contributed by atoms with Gasteiger partial charge in [-0.1, -0.05) is 0 Å². The number of carbonyl (C=O) groups is 1. The number of sulfone groups is 1. The van der Waals surface area contributed by atoms with Crippen molar-refractivity contribution in [2.24, 2.45) is 0 Å². The van der Waals surface area contributed by atoms with Crippen molar-refractivity contribution in [3.63, 3.8) is 0 Å². The van der Waals surface area contributed by atoms with Crippen LogP contribution >= 0.6 is 0 Å². The van der Waals surface area contributed by atoms with E-state index in [9.17, 15) is 13.2 Å². The van der Waals surface area contributed by atoms with Crippen molar-refractivity contribution in [2.75, 3.05) is 12.0 Å². The van der Waals surface area contributed by atoms with Crippen LogP contribution in [0.5, 0.6) is 0 Å². The summed E-state index contributed by atoms with van der Waals surface area (Å²) in [7, 11) is -3.37. The molecule has 1 rings (SSSR count). The maximum atomic E-state index is 11.2. The molecule has 0 heterocycles. The second kappa shape index (κ2) is 3.42. The molecule has 0 saturated carbocycles. The monoisotopic (exact) mass is 213 g/mol. The average Bonchev–Trinajstić information content (AvgIpc) is 2.02. The zero-order valence-corrected chi connectivity index (χ0v) is 8.76. The first-order chi connectivity index (χ1) is 6.32. The van der Waals surface area contributed by atoms with Gasteiger partial charge in [0, 0.05) is 11.8 Å². The molecule has 14 heavy (non-hydrogen) atoms. The van der Waals surface area contributed by atoms with Gasteiger partial charge in [0.2, 0.25) is 0 Å². The highest BCUT2D eigenvalue weighted by Crippen LogP contribution is 2.19. The van der Waals surface area contributed by atoms with Crippen LogP contribution in [0, 0.1) is 0 Å². The van der Waals surface area contributed by atoms with E-state index < -0.39 is 9.84 Å². The van der Waals surface area contributed by atoms with E-state index >= 15 is 0 Å². The summed E-state index contributed by atoms with van der Waals surface area (Å²) in [6.07, 6.45) is 1.06. The second-order valence-corrected chi connectivity index (χ2v) is 5.07. The minimum atomic E-state index is -3.37. The Hall–Kier alpha value is -1.36. The zero-order valence-electron chi connectivity index (χ0n) is 7.94. The van der Waals surface area contributed by atoms with Gasteiger partial charge in [-0.3, -0.25) is 4.79 Å². The van der Waals surface area contributed by atoms with Crippen LogP contribution in [-0.2, 0) is 9.84 Å². The first-order valence-corrected chi connectivity index (χ1v) is 5.82. The highest BCUT2D eigenvalue weighted by atomic mass is 32.2. The normalized spacial score (nSPS) is 11.3. The summed E-state index contributed by atoms with van der Waals surface area (Å²) in [6, 6.07) is 4.23. The van der Waals surface area contributed by atoms with E-state index in [1.54, 1.807) is 0 Å². The molecule has 0 atom stereocenters. The minimum absolute atomic E-state index is 0.00481. The van der Waals surface area contributed by atoms with Crippen molar-refractivity contribution in [3.05, 3.63) is 23.8 Å². The Kier molecular flexibility index (Phi) is 2.62. The molecule has 2 N–H and O–H groups in total. The van der Waals surface area contributed by atoms with Gasteiger partial charge < -0.3 is 5.73 Å². The van der Waals surface area contributed by atoms with Crippen LogP contribution in [0.25, 0.3) is 0 Å². The van der Waals surface area contributed by atoms with Gasteiger partial charge in [0.1, 0.15) is 0 Å². The summed E-state index contributed by atoms with van der Waals surface area (Å²) in [5.41, 5.74) is 6.00. The lowest BCUT2D eigenvalue weighted by Crippen LogP contribution is -2.04. The van der Waals surface area contributed by atoms with E-state index in [1.165, 1.54) is 25.1 Å². The van der Waals surface area contributed by atoms with Crippen molar-refractivity contribution in [1.29, 1.82) is 0 Å². The van der Waals surface area contributed by atoms with E-state index in [2.05, 4.69) is 0 Å². The molecule has 0 spiro atoms. The number of nitrogen functional groups attached to an aromatic ring is 1. The molecule has 0 radical (unpaired) electrons. The Morgan fingerprint density at radius 3 is 2.36 bits per heavy atom. The molecule has 0 bridgehead atoms. The number of carbonyl (C=O) groups excluding carboxylic acids is 1. The highest BCUT2D eigenvalue weighted by molar-refractivity contribution is 7.90. The van der Waals surface area contributed by atoms with Crippen molar-refractivity contribution in [2.45, 2.75) is 11.8 Å². The van der Waals surface area contributed by atoms with Gasteiger partial charge in [0.05, 0.1) is 10.6 Å². The molecule has 0 amide bonds. The van der Waals surface area contributed by atoms with Crippen molar-refractivity contribution < 1.29 is 13.2 Å². The maximum Gasteiger partial charge on any atom is 0.177 e. The molecule has 5 heteroatoms. The summed E-state index contributed by atoms with van der Waals surface area (Å²) in [4.78, 5) is 11.0. The number of hydrogen-bond acceptors (Lipinski definition) is 4. The third kappa shape index (κ3) is 2.11. The largest absolute Gasteiger partial charge is 0.398 e. The van der Waals surface area contributed by atoms with Gasteiger partial charge in [0.25, 0.3) is 0 Å². The SMILES string of the molecule is CC(=O)c1ccc(N)c(S(C)(=O)=O)c1. The molecular formula is C9H11NO3S. The summed E-state index contributed by atoms with van der Waals surface area (Å²) < 4.78 is 22.5. The highest BCUT2D eigenvalue weighted by Gasteiger charge is 2.13. The molecule has 0 aliphatic carbocycles. The number of rotatable bonds is 2. The molecular weight excluding hydrogens is 202 g/mol. The smallest absolute Gasteiger partial charge is 0.177 e. The number of ketones is 1. The van der Waals surface area contributed by atoms with E-state index in [1.807, 2.05) is 0 Å². The van der Waals surface area contributed by atoms with Crippen molar-refractivity contribution >= 4 is 21.3 Å². The molecule has 0 aliphatic heterocycles. The van der Waals surface area contributed by atoms with Gasteiger partial charge >= 0.3 is 0 Å². The quantitative estimate of drug-likeness (QED) is 0.584. The van der Waals surface area contributed by atoms with Crippen LogP contribution in [0.15, 0.2) is 23.1 Å². The molecule has 76 valence electrons. The van der Waals surface area contributed by atoms with E-state index in [0.717, 1.165) is 6.26 Å². The fraction of sp³-hybridized carbons (Fsp3) is 0.222. The van der Waals surface area contributed by atoms with Crippen LogP contribution in [0.2, 0.25) is 0 Å². The Balaban J connectivity index is 3.44. The topological polar surface area (TPSA) is 77.2 Å². The maximum absolute atomic E-state index is 11.2. The van der Waals surface area contributed by atoms with Crippen LogP contribution in [0.1, 0.15) is 17.3 Å². The number of anilines is 1. The third-order valence-corrected chi connectivity index (χ3v) is 2.97. The molecule has 1 aromatic rings. The molecule has 1 aromatic carbocycles. The Morgan fingerprint density at radius 1 is 1.36 bits per heavy atom. The number of benzene rings is 1. The lowest BCUT2D eigenvalue weighted by atomic mass is 10.1. The summed E-state index contributed by atoms with van der Waals surface area (Å²) in [6.45, 7) is 1.37. The van der Waals surface area contributed by atoms with E-state index in [-0.39, 0.29) is 16.4 Å². The Labute approximate surface area is 82.7 Å². The average molecular weight is 213 g/mol. The second-order valence-electron chi connectivity index (χ2n) is 3.08. The van der Waals surface area contributed by atoms with Crippen LogP contribution in [0.4, 0.5) is 5.69 Å².